The summed E-state index contributed by atoms with van der Waals surface area (Å²) in [5.74, 6) is 5.43. The summed E-state index contributed by atoms with van der Waals surface area (Å²) >= 11 is 0. The number of hydrogen-bond donors (Lipinski definition) is 1. The fourth-order valence-corrected chi connectivity index (χ4v) is 1.21. The molecule has 1 saturated heterocycles. The molecule has 0 aromatic heterocycles. The van der Waals surface area contributed by atoms with Gasteiger partial charge in [0, 0.05) is 0 Å². The van der Waals surface area contributed by atoms with Crippen LogP contribution < -0.4 is 5.84 Å². The molecule has 0 aromatic rings. The van der Waals surface area contributed by atoms with Gasteiger partial charge in [-0.3, -0.25) is 9.80 Å². The monoisotopic (exact) mass is 172 g/mol. The second-order valence-corrected chi connectivity index (χ2v) is 3.42. The largest absolute Gasteiger partial charge is 0.373 e. The summed E-state index contributed by atoms with van der Waals surface area (Å²) < 4.78 is 5.54. The number of amides is 1. The fourth-order valence-electron chi connectivity index (χ4n) is 1.21. The van der Waals surface area contributed by atoms with Crippen molar-refractivity contribution in [3.05, 3.63) is 0 Å². The van der Waals surface area contributed by atoms with Gasteiger partial charge in [0.05, 0.1) is 25.2 Å². The first-order chi connectivity index (χ1) is 5.57. The van der Waals surface area contributed by atoms with Gasteiger partial charge in [-0.25, -0.2) is 5.84 Å². The third kappa shape index (κ3) is 1.95. The minimum atomic E-state index is -0.314. The second-order valence-electron chi connectivity index (χ2n) is 3.42. The van der Waals surface area contributed by atoms with E-state index in [0.717, 1.165) is 6.42 Å². The molecule has 1 rings (SSSR count). The van der Waals surface area contributed by atoms with E-state index in [-0.39, 0.29) is 11.5 Å². The van der Waals surface area contributed by atoms with Crippen LogP contribution in [0.1, 0.15) is 26.7 Å². The number of ether oxygens (including phenoxy) is 1. The number of hydrazine groups is 1. The maximum absolute atomic E-state index is 11.3. The van der Waals surface area contributed by atoms with Gasteiger partial charge < -0.3 is 4.74 Å². The van der Waals surface area contributed by atoms with Crippen LogP contribution in [0, 0.1) is 0 Å². The van der Waals surface area contributed by atoms with Crippen LogP contribution in [0.3, 0.4) is 0 Å². The van der Waals surface area contributed by atoms with Gasteiger partial charge >= 0.3 is 0 Å². The molecule has 2 N–H and O–H groups in total. The lowest BCUT2D eigenvalue weighted by Gasteiger charge is -2.24. The molecule has 4 heteroatoms. The predicted molar refractivity (Wildman–Crippen MR) is 45.2 cm³/mol. The molecule has 1 aliphatic heterocycles. The van der Waals surface area contributed by atoms with E-state index in [1.165, 1.54) is 5.01 Å². The molecule has 0 bridgehead atoms. The minimum absolute atomic E-state index is 0.0307. The zero-order valence-electron chi connectivity index (χ0n) is 7.67. The highest BCUT2D eigenvalue weighted by Gasteiger charge is 2.31. The summed E-state index contributed by atoms with van der Waals surface area (Å²) in [6, 6.07) is 0. The Balaban J connectivity index is 2.66. The molecule has 0 saturated carbocycles. The lowest BCUT2D eigenvalue weighted by molar-refractivity contribution is -0.133. The van der Waals surface area contributed by atoms with E-state index in [1.807, 2.05) is 13.8 Å². The van der Waals surface area contributed by atoms with Crippen molar-refractivity contribution < 1.29 is 9.53 Å². The Kier molecular flexibility index (Phi) is 2.69. The molecule has 0 radical (unpaired) electrons. The van der Waals surface area contributed by atoms with Gasteiger partial charge in [0.15, 0.2) is 0 Å². The predicted octanol–water partition coefficient (Wildman–Crippen LogP) is 0.278. The summed E-state index contributed by atoms with van der Waals surface area (Å²) in [7, 11) is 0. The molecule has 1 fully saturated rings. The highest BCUT2D eigenvalue weighted by atomic mass is 16.5. The number of carbonyl (C=O) groups is 1. The van der Waals surface area contributed by atoms with Gasteiger partial charge in [-0.1, -0.05) is 6.92 Å². The lowest BCUT2D eigenvalue weighted by Crippen LogP contribution is -2.39. The zero-order valence-corrected chi connectivity index (χ0v) is 7.67. The van der Waals surface area contributed by atoms with E-state index in [4.69, 9.17) is 10.6 Å². The first kappa shape index (κ1) is 9.48. The standard InChI is InChI=1S/C8H16N2O2/c1-3-8(2)6-7(11)10(9)4-5-12-8/h3-6,9H2,1-2H3. The molecule has 1 unspecified atom stereocenters. The van der Waals surface area contributed by atoms with Crippen molar-refractivity contribution in [2.75, 3.05) is 13.2 Å². The molecule has 12 heavy (non-hydrogen) atoms. The lowest BCUT2D eigenvalue weighted by atomic mass is 9.99. The average molecular weight is 172 g/mol. The van der Waals surface area contributed by atoms with E-state index in [2.05, 4.69) is 0 Å². The summed E-state index contributed by atoms with van der Waals surface area (Å²) in [5, 5.41) is 1.24. The Morgan fingerprint density at radius 2 is 2.42 bits per heavy atom. The quantitative estimate of drug-likeness (QED) is 0.456. The van der Waals surface area contributed by atoms with Crippen LogP contribution in [0.4, 0.5) is 0 Å². The number of hydrogen-bond acceptors (Lipinski definition) is 3. The van der Waals surface area contributed by atoms with Crippen molar-refractivity contribution in [2.24, 2.45) is 5.84 Å². The van der Waals surface area contributed by atoms with Crippen LogP contribution in [0.25, 0.3) is 0 Å². The second kappa shape index (κ2) is 3.41. The number of nitrogens with two attached hydrogens (primary N) is 1. The summed E-state index contributed by atoms with van der Waals surface area (Å²) in [6.45, 7) is 4.99. The molecular weight excluding hydrogens is 156 g/mol. The smallest absolute Gasteiger partial charge is 0.239 e. The molecule has 0 aromatic carbocycles. The third-order valence-corrected chi connectivity index (χ3v) is 2.38. The minimum Gasteiger partial charge on any atom is -0.373 e. The molecule has 1 aliphatic rings. The van der Waals surface area contributed by atoms with Crippen molar-refractivity contribution in [1.29, 1.82) is 0 Å². The van der Waals surface area contributed by atoms with E-state index in [9.17, 15) is 4.79 Å². The number of rotatable bonds is 1. The van der Waals surface area contributed by atoms with Crippen LogP contribution in [0.15, 0.2) is 0 Å². The van der Waals surface area contributed by atoms with Crippen LogP contribution in [0.5, 0.6) is 0 Å². The van der Waals surface area contributed by atoms with Gasteiger partial charge in [-0.05, 0) is 13.3 Å². The maximum atomic E-state index is 11.3. The first-order valence-corrected chi connectivity index (χ1v) is 4.26. The Bertz CT molecular complexity index is 184. The van der Waals surface area contributed by atoms with Crippen molar-refractivity contribution in [1.82, 2.24) is 5.01 Å². The van der Waals surface area contributed by atoms with Gasteiger partial charge in [0.25, 0.3) is 0 Å². The molecule has 70 valence electrons. The van der Waals surface area contributed by atoms with Crippen LogP contribution in [-0.2, 0) is 9.53 Å². The van der Waals surface area contributed by atoms with Crippen molar-refractivity contribution >= 4 is 5.91 Å². The van der Waals surface area contributed by atoms with E-state index in [0.29, 0.717) is 19.6 Å². The molecule has 4 nitrogen and oxygen atoms in total. The maximum Gasteiger partial charge on any atom is 0.239 e. The first-order valence-electron chi connectivity index (χ1n) is 4.26. The van der Waals surface area contributed by atoms with E-state index < -0.39 is 0 Å². The average Bonchev–Trinajstić information content (AvgIpc) is 2.14. The highest BCUT2D eigenvalue weighted by molar-refractivity contribution is 5.76. The molecular formula is C8H16N2O2. The van der Waals surface area contributed by atoms with Crippen molar-refractivity contribution in [3.8, 4) is 0 Å². The van der Waals surface area contributed by atoms with Gasteiger partial charge in [0.1, 0.15) is 0 Å². The Hall–Kier alpha value is -0.610. The van der Waals surface area contributed by atoms with Gasteiger partial charge in [-0.15, -0.1) is 0 Å². The van der Waals surface area contributed by atoms with E-state index in [1.54, 1.807) is 0 Å². The van der Waals surface area contributed by atoms with Crippen LogP contribution >= 0.6 is 0 Å². The summed E-state index contributed by atoms with van der Waals surface area (Å²) in [6.07, 6.45) is 1.23. The number of nitrogens with zero attached hydrogens (tertiary/aromatic N) is 1. The highest BCUT2D eigenvalue weighted by Crippen LogP contribution is 2.22. The SMILES string of the molecule is CCC1(C)CC(=O)N(N)CCO1. The molecule has 1 heterocycles. The third-order valence-electron chi connectivity index (χ3n) is 2.38. The Morgan fingerprint density at radius 3 is 3.00 bits per heavy atom. The summed E-state index contributed by atoms with van der Waals surface area (Å²) in [4.78, 5) is 11.3. The Labute approximate surface area is 72.6 Å². The normalized spacial score (nSPS) is 31.9. The topological polar surface area (TPSA) is 55.6 Å². The molecule has 1 atom stereocenters. The van der Waals surface area contributed by atoms with Crippen molar-refractivity contribution in [2.45, 2.75) is 32.3 Å². The van der Waals surface area contributed by atoms with Gasteiger partial charge in [-0.2, -0.15) is 0 Å². The van der Waals surface area contributed by atoms with Crippen LogP contribution in [0.2, 0.25) is 0 Å². The van der Waals surface area contributed by atoms with Gasteiger partial charge in [0.2, 0.25) is 5.91 Å². The van der Waals surface area contributed by atoms with Crippen molar-refractivity contribution in [3.63, 3.8) is 0 Å². The van der Waals surface area contributed by atoms with Crippen LogP contribution in [-0.4, -0.2) is 29.7 Å². The fraction of sp³-hybridized carbons (Fsp3) is 0.875. The Morgan fingerprint density at radius 1 is 1.75 bits per heavy atom. The van der Waals surface area contributed by atoms with E-state index >= 15 is 0 Å². The molecule has 0 spiro atoms. The zero-order chi connectivity index (χ0) is 9.19. The summed E-state index contributed by atoms with van der Waals surface area (Å²) in [5.41, 5.74) is -0.314. The molecule has 0 aliphatic carbocycles. The molecule has 1 amide bonds. The number of carbonyl (C=O) groups excluding carboxylic acids is 1.